The van der Waals surface area contributed by atoms with Crippen LogP contribution in [-0.4, -0.2) is 49.5 Å². The second-order valence-corrected chi connectivity index (χ2v) is 12.1. The first-order chi connectivity index (χ1) is 16.1. The topological polar surface area (TPSA) is 86.8 Å². The van der Waals surface area contributed by atoms with Crippen molar-refractivity contribution < 1.29 is 18.0 Å². The maximum absolute atomic E-state index is 13.8. The van der Waals surface area contributed by atoms with E-state index in [4.69, 9.17) is 0 Å². The molecule has 0 aliphatic carbocycles. The van der Waals surface area contributed by atoms with Gasteiger partial charge in [0.2, 0.25) is 21.8 Å². The summed E-state index contributed by atoms with van der Waals surface area (Å²) in [6.45, 7) is 13.0. The number of hydrogen-bond acceptors (Lipinski definition) is 4. The highest BCUT2D eigenvalue weighted by atomic mass is 32.2. The normalized spacial score (nSPS) is 12.7. The smallest absolute Gasteiger partial charge is 0.244 e. The molecule has 0 saturated heterocycles. The average molecular weight is 502 g/mol. The Morgan fingerprint density at radius 1 is 1.00 bits per heavy atom. The Labute approximate surface area is 210 Å². The molecule has 192 valence electrons. The summed E-state index contributed by atoms with van der Waals surface area (Å²) in [4.78, 5) is 28.5. The second-order valence-electron chi connectivity index (χ2n) is 10.2. The lowest BCUT2D eigenvalue weighted by atomic mass is 10.0. The summed E-state index contributed by atoms with van der Waals surface area (Å²) in [7, 11) is -3.76. The molecular weight excluding hydrogens is 462 g/mol. The molecule has 0 bridgehead atoms. The number of carbonyl (C=O) groups is 2. The molecular formula is C27H39N3O4S. The van der Waals surface area contributed by atoms with Crippen molar-refractivity contribution in [3.8, 4) is 0 Å². The molecule has 7 nitrogen and oxygen atoms in total. The molecule has 0 saturated carbocycles. The molecule has 2 aromatic rings. The van der Waals surface area contributed by atoms with Crippen LogP contribution < -0.4 is 9.62 Å². The van der Waals surface area contributed by atoms with E-state index < -0.39 is 34.1 Å². The molecule has 2 aromatic carbocycles. The lowest BCUT2D eigenvalue weighted by molar-refractivity contribution is -0.141. The van der Waals surface area contributed by atoms with E-state index in [1.54, 1.807) is 12.1 Å². The lowest BCUT2D eigenvalue weighted by Gasteiger charge is -2.35. The Morgan fingerprint density at radius 2 is 1.57 bits per heavy atom. The van der Waals surface area contributed by atoms with Crippen LogP contribution in [0.3, 0.4) is 0 Å². The van der Waals surface area contributed by atoms with E-state index in [-0.39, 0.29) is 12.5 Å². The maximum Gasteiger partial charge on any atom is 0.244 e. The van der Waals surface area contributed by atoms with Crippen molar-refractivity contribution in [3.05, 3.63) is 64.7 Å². The fourth-order valence-corrected chi connectivity index (χ4v) is 4.89. The van der Waals surface area contributed by atoms with E-state index in [9.17, 15) is 18.0 Å². The highest BCUT2D eigenvalue weighted by Gasteiger charge is 2.33. The summed E-state index contributed by atoms with van der Waals surface area (Å²) in [5, 5.41) is 2.97. The molecule has 0 aromatic heterocycles. The zero-order valence-electron chi connectivity index (χ0n) is 22.2. The fourth-order valence-electron chi connectivity index (χ4n) is 4.05. The van der Waals surface area contributed by atoms with Crippen LogP contribution >= 0.6 is 0 Å². The van der Waals surface area contributed by atoms with Gasteiger partial charge in [-0.2, -0.15) is 0 Å². The van der Waals surface area contributed by atoms with Gasteiger partial charge in [0.05, 0.1) is 11.9 Å². The van der Waals surface area contributed by atoms with E-state index in [1.165, 1.54) is 4.90 Å². The van der Waals surface area contributed by atoms with Crippen molar-refractivity contribution >= 4 is 27.5 Å². The molecule has 0 radical (unpaired) electrons. The van der Waals surface area contributed by atoms with Gasteiger partial charge in [-0.1, -0.05) is 37.3 Å². The first kappa shape index (κ1) is 28.4. The molecule has 2 amide bonds. The third-order valence-corrected chi connectivity index (χ3v) is 6.80. The molecule has 0 spiro atoms. The number of nitrogens with zero attached hydrogens (tertiary/aromatic N) is 2. The molecule has 2 rings (SSSR count). The number of amides is 2. The van der Waals surface area contributed by atoms with E-state index in [0.717, 1.165) is 32.8 Å². The second kappa shape index (κ2) is 11.2. The van der Waals surface area contributed by atoms with Gasteiger partial charge in [-0.25, -0.2) is 8.42 Å². The van der Waals surface area contributed by atoms with Gasteiger partial charge >= 0.3 is 0 Å². The molecule has 0 heterocycles. The highest BCUT2D eigenvalue weighted by molar-refractivity contribution is 7.92. The van der Waals surface area contributed by atoms with Gasteiger partial charge in [-0.3, -0.25) is 13.9 Å². The molecule has 1 atom stereocenters. The summed E-state index contributed by atoms with van der Waals surface area (Å²) in [5.41, 5.74) is 3.65. The quantitative estimate of drug-likeness (QED) is 0.560. The zero-order valence-corrected chi connectivity index (χ0v) is 23.0. The standard InChI is InChI=1S/C27H39N3O4S/c1-9-24(26(32)28-27(5,6)7)29(17-22-13-11-10-12-21(22)4)25(31)18-30(35(8,33)34)23-15-19(2)14-20(3)16-23/h10-16,24H,9,17-18H2,1-8H3,(H,28,32)/t24-/m0/s1. The zero-order chi connectivity index (χ0) is 26.6. The van der Waals surface area contributed by atoms with Crippen LogP contribution in [0, 0.1) is 20.8 Å². The minimum atomic E-state index is -3.76. The highest BCUT2D eigenvalue weighted by Crippen LogP contribution is 2.23. The van der Waals surface area contributed by atoms with Gasteiger partial charge in [0.1, 0.15) is 12.6 Å². The van der Waals surface area contributed by atoms with Crippen LogP contribution in [0.15, 0.2) is 42.5 Å². The first-order valence-electron chi connectivity index (χ1n) is 11.8. The van der Waals surface area contributed by atoms with Crippen molar-refractivity contribution in [1.29, 1.82) is 0 Å². The Hall–Kier alpha value is -2.87. The number of rotatable bonds is 9. The number of carbonyl (C=O) groups excluding carboxylic acids is 2. The van der Waals surface area contributed by atoms with E-state index in [1.807, 2.05) is 78.8 Å². The lowest BCUT2D eigenvalue weighted by Crippen LogP contribution is -2.55. The van der Waals surface area contributed by atoms with Gasteiger partial charge in [-0.05, 0) is 82.3 Å². The number of sulfonamides is 1. The predicted octanol–water partition coefficient (Wildman–Crippen LogP) is 4.10. The van der Waals surface area contributed by atoms with E-state index in [2.05, 4.69) is 5.32 Å². The van der Waals surface area contributed by atoms with Gasteiger partial charge in [0, 0.05) is 12.1 Å². The van der Waals surface area contributed by atoms with E-state index in [0.29, 0.717) is 12.1 Å². The van der Waals surface area contributed by atoms with Crippen LogP contribution in [0.1, 0.15) is 56.4 Å². The molecule has 1 N–H and O–H groups in total. The van der Waals surface area contributed by atoms with Gasteiger partial charge in [0.25, 0.3) is 0 Å². The molecule has 0 fully saturated rings. The van der Waals surface area contributed by atoms with Crippen molar-refractivity contribution in [2.75, 3.05) is 17.1 Å². The molecule has 35 heavy (non-hydrogen) atoms. The number of anilines is 1. The van der Waals surface area contributed by atoms with Gasteiger partial charge in [-0.15, -0.1) is 0 Å². The fraction of sp³-hybridized carbons (Fsp3) is 0.481. The number of hydrogen-bond donors (Lipinski definition) is 1. The largest absolute Gasteiger partial charge is 0.350 e. The number of nitrogens with one attached hydrogen (secondary N) is 1. The predicted molar refractivity (Wildman–Crippen MR) is 142 cm³/mol. The first-order valence-corrected chi connectivity index (χ1v) is 13.7. The van der Waals surface area contributed by atoms with Crippen molar-refractivity contribution in [1.82, 2.24) is 10.2 Å². The minimum absolute atomic E-state index is 0.200. The summed E-state index contributed by atoms with van der Waals surface area (Å²) in [5.74, 6) is -0.701. The van der Waals surface area contributed by atoms with Crippen molar-refractivity contribution in [2.45, 2.75) is 73.0 Å². The third kappa shape index (κ3) is 8.09. The average Bonchev–Trinajstić information content (AvgIpc) is 2.70. The van der Waals surface area contributed by atoms with Crippen LogP contribution in [-0.2, 0) is 26.2 Å². The van der Waals surface area contributed by atoms with E-state index >= 15 is 0 Å². The Balaban J connectivity index is 2.51. The SMILES string of the molecule is CC[C@@H](C(=O)NC(C)(C)C)N(Cc1ccccc1C)C(=O)CN(c1cc(C)cc(C)c1)S(C)(=O)=O. The van der Waals surface area contributed by atoms with Crippen molar-refractivity contribution in [2.24, 2.45) is 0 Å². The number of benzene rings is 2. The summed E-state index contributed by atoms with van der Waals surface area (Å²) < 4.78 is 26.6. The minimum Gasteiger partial charge on any atom is -0.350 e. The van der Waals surface area contributed by atoms with Gasteiger partial charge < -0.3 is 10.2 Å². The summed E-state index contributed by atoms with van der Waals surface area (Å²) in [6.07, 6.45) is 1.48. The number of aryl methyl sites for hydroxylation is 3. The molecule has 0 aliphatic heterocycles. The molecule has 0 unspecified atom stereocenters. The van der Waals surface area contributed by atoms with Crippen LogP contribution in [0.4, 0.5) is 5.69 Å². The Kier molecular flexibility index (Phi) is 9.11. The summed E-state index contributed by atoms with van der Waals surface area (Å²) in [6, 6.07) is 12.4. The van der Waals surface area contributed by atoms with Crippen LogP contribution in [0.5, 0.6) is 0 Å². The molecule has 8 heteroatoms. The Morgan fingerprint density at radius 3 is 2.06 bits per heavy atom. The maximum atomic E-state index is 13.8. The van der Waals surface area contributed by atoms with Gasteiger partial charge in [0.15, 0.2) is 0 Å². The van der Waals surface area contributed by atoms with Crippen molar-refractivity contribution in [3.63, 3.8) is 0 Å². The summed E-state index contributed by atoms with van der Waals surface area (Å²) >= 11 is 0. The third-order valence-electron chi connectivity index (χ3n) is 5.66. The van der Waals surface area contributed by atoms with Crippen LogP contribution in [0.25, 0.3) is 0 Å². The Bertz CT molecular complexity index is 1150. The monoisotopic (exact) mass is 501 g/mol. The van der Waals surface area contributed by atoms with Crippen LogP contribution in [0.2, 0.25) is 0 Å². The molecule has 0 aliphatic rings.